The van der Waals surface area contributed by atoms with E-state index in [9.17, 15) is 4.79 Å². The lowest BCUT2D eigenvalue weighted by atomic mass is 10.1. The third-order valence-electron chi connectivity index (χ3n) is 3.87. The van der Waals surface area contributed by atoms with Crippen LogP contribution in [0, 0.1) is 6.92 Å². The van der Waals surface area contributed by atoms with Crippen LogP contribution in [-0.2, 0) is 6.42 Å². The van der Waals surface area contributed by atoms with Gasteiger partial charge in [0.25, 0.3) is 5.91 Å². The van der Waals surface area contributed by atoms with Crippen LogP contribution in [0.15, 0.2) is 41.1 Å². The van der Waals surface area contributed by atoms with Gasteiger partial charge in [0, 0.05) is 23.2 Å². The third kappa shape index (κ3) is 2.26. The molecule has 5 heteroatoms. The van der Waals surface area contributed by atoms with Gasteiger partial charge in [-0.15, -0.1) is 22.7 Å². The lowest BCUT2D eigenvalue weighted by Gasteiger charge is -2.16. The molecule has 4 rings (SSSR count). The van der Waals surface area contributed by atoms with Crippen LogP contribution in [0.25, 0.3) is 11.3 Å². The molecule has 0 aliphatic carbocycles. The summed E-state index contributed by atoms with van der Waals surface area (Å²) in [6, 6.07) is 10.1. The number of aryl methyl sites for hydroxylation is 1. The van der Waals surface area contributed by atoms with Crippen LogP contribution in [0.3, 0.4) is 0 Å². The van der Waals surface area contributed by atoms with E-state index in [1.807, 2.05) is 29.3 Å². The van der Waals surface area contributed by atoms with Crippen molar-refractivity contribution in [3.05, 3.63) is 56.5 Å². The number of hydrogen-bond acceptors (Lipinski definition) is 4. The quantitative estimate of drug-likeness (QED) is 0.700. The van der Waals surface area contributed by atoms with Gasteiger partial charge in [-0.2, -0.15) is 0 Å². The highest BCUT2D eigenvalue weighted by atomic mass is 32.1. The van der Waals surface area contributed by atoms with Gasteiger partial charge >= 0.3 is 0 Å². The van der Waals surface area contributed by atoms with E-state index in [-0.39, 0.29) is 5.91 Å². The van der Waals surface area contributed by atoms with Crippen molar-refractivity contribution >= 4 is 34.3 Å². The van der Waals surface area contributed by atoms with Crippen molar-refractivity contribution in [1.82, 2.24) is 4.98 Å². The first-order chi connectivity index (χ1) is 10.7. The largest absolute Gasteiger partial charge is 0.307 e. The molecule has 2 aromatic heterocycles. The Bertz CT molecular complexity index is 836. The maximum Gasteiger partial charge on any atom is 0.268 e. The second kappa shape index (κ2) is 5.34. The van der Waals surface area contributed by atoms with Gasteiger partial charge in [-0.3, -0.25) is 4.79 Å². The van der Waals surface area contributed by atoms with Crippen molar-refractivity contribution in [2.75, 3.05) is 11.4 Å². The number of thiophene rings is 1. The monoisotopic (exact) mass is 326 g/mol. The van der Waals surface area contributed by atoms with Gasteiger partial charge in [0.15, 0.2) is 0 Å². The van der Waals surface area contributed by atoms with Crippen molar-refractivity contribution in [1.29, 1.82) is 0 Å². The zero-order chi connectivity index (χ0) is 15.1. The number of anilines is 1. The summed E-state index contributed by atoms with van der Waals surface area (Å²) >= 11 is 3.16. The van der Waals surface area contributed by atoms with Crippen LogP contribution < -0.4 is 4.90 Å². The predicted molar refractivity (Wildman–Crippen MR) is 92.0 cm³/mol. The van der Waals surface area contributed by atoms with Crippen molar-refractivity contribution < 1.29 is 4.79 Å². The number of nitrogens with zero attached hydrogens (tertiary/aromatic N) is 2. The minimum absolute atomic E-state index is 0.103. The Hall–Kier alpha value is -1.98. The Morgan fingerprint density at radius 3 is 2.91 bits per heavy atom. The van der Waals surface area contributed by atoms with Crippen molar-refractivity contribution in [3.8, 4) is 11.3 Å². The van der Waals surface area contributed by atoms with Gasteiger partial charge in [-0.05, 0) is 42.5 Å². The van der Waals surface area contributed by atoms with Crippen LogP contribution in [-0.4, -0.2) is 17.4 Å². The summed E-state index contributed by atoms with van der Waals surface area (Å²) < 4.78 is 0. The number of benzene rings is 1. The van der Waals surface area contributed by atoms with E-state index in [0.717, 1.165) is 39.8 Å². The molecule has 110 valence electrons. The molecule has 1 aromatic carbocycles. The number of fused-ring (bicyclic) bond motifs is 1. The molecule has 0 radical (unpaired) electrons. The van der Waals surface area contributed by atoms with Gasteiger partial charge in [-0.1, -0.05) is 12.1 Å². The SMILES string of the molecule is Cc1nc(-c2ccc3c(c2)CCN3C(=O)c2cccs2)cs1. The fourth-order valence-electron chi connectivity index (χ4n) is 2.80. The molecule has 1 aliphatic heterocycles. The maximum absolute atomic E-state index is 12.6. The third-order valence-corrected chi connectivity index (χ3v) is 5.50. The van der Waals surface area contributed by atoms with Crippen LogP contribution >= 0.6 is 22.7 Å². The van der Waals surface area contributed by atoms with E-state index in [1.54, 1.807) is 11.3 Å². The van der Waals surface area contributed by atoms with Crippen LogP contribution in [0.4, 0.5) is 5.69 Å². The fourth-order valence-corrected chi connectivity index (χ4v) is 4.10. The second-order valence-electron chi connectivity index (χ2n) is 5.28. The predicted octanol–water partition coefficient (Wildman–Crippen LogP) is 4.38. The Morgan fingerprint density at radius 2 is 2.18 bits per heavy atom. The Balaban J connectivity index is 1.67. The minimum Gasteiger partial charge on any atom is -0.307 e. The molecule has 3 aromatic rings. The summed E-state index contributed by atoms with van der Waals surface area (Å²) in [7, 11) is 0. The topological polar surface area (TPSA) is 33.2 Å². The summed E-state index contributed by atoms with van der Waals surface area (Å²) in [5, 5.41) is 5.10. The molecule has 0 spiro atoms. The number of carbonyl (C=O) groups excluding carboxylic acids is 1. The average Bonchev–Trinajstić information content (AvgIpc) is 3.26. The van der Waals surface area contributed by atoms with Crippen LogP contribution in [0.1, 0.15) is 20.2 Å². The first-order valence-corrected chi connectivity index (χ1v) is 8.89. The molecule has 0 N–H and O–H groups in total. The molecule has 0 bridgehead atoms. The van der Waals surface area contributed by atoms with Gasteiger partial charge in [0.05, 0.1) is 15.6 Å². The Morgan fingerprint density at radius 1 is 1.27 bits per heavy atom. The molecule has 0 unspecified atom stereocenters. The number of hydrogen-bond donors (Lipinski definition) is 0. The fraction of sp³-hybridized carbons (Fsp3) is 0.176. The highest BCUT2D eigenvalue weighted by molar-refractivity contribution is 7.12. The van der Waals surface area contributed by atoms with E-state index in [0.29, 0.717) is 0 Å². The molecule has 0 saturated heterocycles. The highest BCUT2D eigenvalue weighted by Crippen LogP contribution is 2.34. The number of thiazole rings is 1. The summed E-state index contributed by atoms with van der Waals surface area (Å²) in [5.41, 5.74) is 4.42. The first-order valence-electron chi connectivity index (χ1n) is 7.13. The van der Waals surface area contributed by atoms with Crippen molar-refractivity contribution in [2.45, 2.75) is 13.3 Å². The molecular weight excluding hydrogens is 312 g/mol. The molecule has 0 saturated carbocycles. The molecule has 0 fully saturated rings. The number of aromatic nitrogens is 1. The van der Waals surface area contributed by atoms with Gasteiger partial charge in [0.2, 0.25) is 0 Å². The van der Waals surface area contributed by atoms with Gasteiger partial charge in [-0.25, -0.2) is 4.98 Å². The van der Waals surface area contributed by atoms with Crippen LogP contribution in [0.2, 0.25) is 0 Å². The average molecular weight is 326 g/mol. The molecule has 1 aliphatic rings. The van der Waals surface area contributed by atoms with Crippen molar-refractivity contribution in [3.63, 3.8) is 0 Å². The zero-order valence-electron chi connectivity index (χ0n) is 12.1. The molecular formula is C17H14N2OS2. The molecule has 3 heterocycles. The molecule has 0 atom stereocenters. The number of carbonyl (C=O) groups is 1. The van der Waals surface area contributed by atoms with E-state index < -0.39 is 0 Å². The van der Waals surface area contributed by atoms with E-state index in [4.69, 9.17) is 0 Å². The molecule has 22 heavy (non-hydrogen) atoms. The molecule has 3 nitrogen and oxygen atoms in total. The van der Waals surface area contributed by atoms with E-state index in [1.165, 1.54) is 16.9 Å². The van der Waals surface area contributed by atoms with Crippen molar-refractivity contribution in [2.24, 2.45) is 0 Å². The first kappa shape index (κ1) is 13.7. The second-order valence-corrected chi connectivity index (χ2v) is 7.29. The maximum atomic E-state index is 12.6. The summed E-state index contributed by atoms with van der Waals surface area (Å²) in [6.07, 6.45) is 0.906. The zero-order valence-corrected chi connectivity index (χ0v) is 13.7. The van der Waals surface area contributed by atoms with Gasteiger partial charge in [0.1, 0.15) is 0 Å². The van der Waals surface area contributed by atoms with Gasteiger partial charge < -0.3 is 4.90 Å². The van der Waals surface area contributed by atoms with E-state index >= 15 is 0 Å². The number of rotatable bonds is 2. The smallest absolute Gasteiger partial charge is 0.268 e. The number of amides is 1. The van der Waals surface area contributed by atoms with Crippen LogP contribution in [0.5, 0.6) is 0 Å². The summed E-state index contributed by atoms with van der Waals surface area (Å²) in [6.45, 7) is 2.77. The highest BCUT2D eigenvalue weighted by Gasteiger charge is 2.26. The van der Waals surface area contributed by atoms with E-state index in [2.05, 4.69) is 28.6 Å². The lowest BCUT2D eigenvalue weighted by Crippen LogP contribution is -2.28. The Labute approximate surface area is 136 Å². The standard InChI is InChI=1S/C17H14N2OS2/c1-11-18-14(10-22-11)12-4-5-15-13(9-12)6-7-19(15)17(20)16-3-2-8-21-16/h2-5,8-10H,6-7H2,1H3. The summed E-state index contributed by atoms with van der Waals surface area (Å²) in [5.74, 6) is 0.103. The minimum atomic E-state index is 0.103. The summed E-state index contributed by atoms with van der Waals surface area (Å²) in [4.78, 5) is 19.8. The molecule has 1 amide bonds. The lowest BCUT2D eigenvalue weighted by molar-refractivity contribution is 0.0993. The normalized spacial score (nSPS) is 13.4. The Kier molecular flexibility index (Phi) is 3.32.